The van der Waals surface area contributed by atoms with Gasteiger partial charge in [0.25, 0.3) is 5.91 Å². The number of carbonyl (C=O) groups excluding carboxylic acids is 3. The maximum absolute atomic E-state index is 13.8. The van der Waals surface area contributed by atoms with Gasteiger partial charge in [0.1, 0.15) is 30.9 Å². The summed E-state index contributed by atoms with van der Waals surface area (Å²) in [6.07, 6.45) is 9.75. The van der Waals surface area contributed by atoms with Crippen molar-refractivity contribution in [2.45, 2.75) is 100 Å². The van der Waals surface area contributed by atoms with E-state index in [1.54, 1.807) is 0 Å². The maximum Gasteiger partial charge on any atom is 0.251 e. The molecule has 5 aliphatic rings. The van der Waals surface area contributed by atoms with E-state index in [4.69, 9.17) is 4.74 Å². The Kier molecular flexibility index (Phi) is 7.56. The molecule has 8 heteroatoms. The first-order valence-corrected chi connectivity index (χ1v) is 14.8. The molecule has 2 aliphatic carbocycles. The Morgan fingerprint density at radius 1 is 0.947 bits per heavy atom. The lowest BCUT2D eigenvalue weighted by atomic mass is 9.83. The average Bonchev–Trinajstić information content (AvgIpc) is 3.47. The molecule has 0 spiro atoms. The lowest BCUT2D eigenvalue weighted by Gasteiger charge is -2.42. The fraction of sp³-hybridized carbons (Fsp3) is 0.700. The maximum atomic E-state index is 13.8. The van der Waals surface area contributed by atoms with Crippen LogP contribution in [0.5, 0.6) is 0 Å². The van der Waals surface area contributed by atoms with Crippen molar-refractivity contribution in [1.82, 2.24) is 15.1 Å². The number of aliphatic hydroxyl groups excluding tert-OH is 1. The van der Waals surface area contributed by atoms with E-state index in [2.05, 4.69) is 22.3 Å². The number of piperidine rings is 1. The van der Waals surface area contributed by atoms with Crippen molar-refractivity contribution in [3.05, 3.63) is 35.4 Å². The van der Waals surface area contributed by atoms with Gasteiger partial charge in [-0.25, -0.2) is 0 Å². The number of likely N-dealkylation sites (tertiary alicyclic amines) is 2. The van der Waals surface area contributed by atoms with E-state index in [0.29, 0.717) is 11.5 Å². The van der Waals surface area contributed by atoms with E-state index < -0.39 is 24.3 Å². The zero-order valence-electron chi connectivity index (χ0n) is 22.2. The number of amides is 2. The van der Waals surface area contributed by atoms with Crippen LogP contribution in [-0.4, -0.2) is 89.1 Å². The molecule has 0 aromatic heterocycles. The number of β-amino-alcohol motifs (C(OH)–C–C–N with tert-alkyl or cyclic N) is 1. The molecule has 0 unspecified atom stereocenters. The Labute approximate surface area is 225 Å². The van der Waals surface area contributed by atoms with Crippen LogP contribution in [0, 0.1) is 5.92 Å². The SMILES string of the molecule is O=C(N[C@H](C(=O)N1C[C@@H](O)[C@H]2OCC(=O)[C@H]21)C1CCCCC1)c1ccc(C2CCN(C3CCC3)CC2)cc1. The molecule has 6 rings (SSSR count). The van der Waals surface area contributed by atoms with Crippen molar-refractivity contribution in [2.24, 2.45) is 5.92 Å². The highest BCUT2D eigenvalue weighted by molar-refractivity contribution is 5.99. The van der Waals surface area contributed by atoms with Gasteiger partial charge in [0.2, 0.25) is 5.91 Å². The summed E-state index contributed by atoms with van der Waals surface area (Å²) >= 11 is 0. The molecule has 206 valence electrons. The van der Waals surface area contributed by atoms with E-state index in [1.165, 1.54) is 29.7 Å². The molecule has 38 heavy (non-hydrogen) atoms. The molecule has 4 atom stereocenters. The van der Waals surface area contributed by atoms with Crippen LogP contribution < -0.4 is 5.32 Å². The van der Waals surface area contributed by atoms with E-state index in [1.807, 2.05) is 12.1 Å². The van der Waals surface area contributed by atoms with Crippen LogP contribution >= 0.6 is 0 Å². The average molecular weight is 524 g/mol. The second kappa shape index (κ2) is 11.1. The number of nitrogens with zero attached hydrogens (tertiary/aromatic N) is 2. The number of ether oxygens (including phenoxy) is 1. The first-order valence-electron chi connectivity index (χ1n) is 14.8. The molecule has 2 amide bonds. The van der Waals surface area contributed by atoms with Crippen LogP contribution in [0.3, 0.4) is 0 Å². The number of rotatable bonds is 6. The summed E-state index contributed by atoms with van der Waals surface area (Å²) < 4.78 is 5.46. The lowest BCUT2D eigenvalue weighted by Crippen LogP contribution is -2.55. The van der Waals surface area contributed by atoms with Crippen molar-refractivity contribution < 1.29 is 24.2 Å². The van der Waals surface area contributed by atoms with Crippen LogP contribution in [0.15, 0.2) is 24.3 Å². The number of carbonyl (C=O) groups is 3. The highest BCUT2D eigenvalue weighted by atomic mass is 16.5. The minimum Gasteiger partial charge on any atom is -0.388 e. The molecule has 8 nitrogen and oxygen atoms in total. The Bertz CT molecular complexity index is 1030. The second-order valence-electron chi connectivity index (χ2n) is 12.1. The summed E-state index contributed by atoms with van der Waals surface area (Å²) in [4.78, 5) is 43.8. The van der Waals surface area contributed by atoms with Crippen molar-refractivity contribution in [2.75, 3.05) is 26.2 Å². The van der Waals surface area contributed by atoms with Gasteiger partial charge in [0.05, 0.1) is 6.54 Å². The van der Waals surface area contributed by atoms with Crippen molar-refractivity contribution in [3.8, 4) is 0 Å². The highest BCUT2D eigenvalue weighted by Gasteiger charge is 2.53. The first kappa shape index (κ1) is 26.0. The number of hydrogen-bond acceptors (Lipinski definition) is 6. The molecule has 2 saturated carbocycles. The normalized spacial score (nSPS) is 30.2. The van der Waals surface area contributed by atoms with Gasteiger partial charge in [-0.1, -0.05) is 37.8 Å². The highest BCUT2D eigenvalue weighted by Crippen LogP contribution is 2.34. The Morgan fingerprint density at radius 3 is 2.32 bits per heavy atom. The third-order valence-corrected chi connectivity index (χ3v) is 9.88. The van der Waals surface area contributed by atoms with Crippen LogP contribution in [0.25, 0.3) is 0 Å². The Morgan fingerprint density at radius 2 is 1.66 bits per heavy atom. The molecule has 2 N–H and O–H groups in total. The number of nitrogens with one attached hydrogen (secondary N) is 1. The summed E-state index contributed by atoms with van der Waals surface area (Å²) in [5.74, 6) is -0.159. The lowest BCUT2D eigenvalue weighted by molar-refractivity contribution is -0.139. The number of Topliss-reactive ketones (excluding diaryl/α,β-unsaturated/α-hetero) is 1. The number of benzene rings is 1. The zero-order valence-corrected chi connectivity index (χ0v) is 22.2. The largest absolute Gasteiger partial charge is 0.388 e. The van der Waals surface area contributed by atoms with Gasteiger partial charge in [-0.3, -0.25) is 14.4 Å². The minimum atomic E-state index is -0.883. The van der Waals surface area contributed by atoms with E-state index in [9.17, 15) is 19.5 Å². The molecule has 3 heterocycles. The third-order valence-electron chi connectivity index (χ3n) is 9.88. The molecular weight excluding hydrogens is 482 g/mol. The second-order valence-corrected chi connectivity index (χ2v) is 12.1. The summed E-state index contributed by atoms with van der Waals surface area (Å²) in [7, 11) is 0. The molecule has 1 aromatic carbocycles. The fourth-order valence-electron chi connectivity index (χ4n) is 7.37. The number of hydrogen-bond donors (Lipinski definition) is 2. The predicted molar refractivity (Wildman–Crippen MR) is 142 cm³/mol. The van der Waals surface area contributed by atoms with Crippen molar-refractivity contribution in [1.29, 1.82) is 0 Å². The monoisotopic (exact) mass is 523 g/mol. The van der Waals surface area contributed by atoms with Crippen LogP contribution in [0.1, 0.15) is 86.0 Å². The van der Waals surface area contributed by atoms with Crippen molar-refractivity contribution in [3.63, 3.8) is 0 Å². The summed E-state index contributed by atoms with van der Waals surface area (Å²) in [5.41, 5.74) is 1.83. The minimum absolute atomic E-state index is 0.0222. The van der Waals surface area contributed by atoms with Gasteiger partial charge in [0.15, 0.2) is 5.78 Å². The van der Waals surface area contributed by atoms with Crippen molar-refractivity contribution >= 4 is 17.6 Å². The van der Waals surface area contributed by atoms with Gasteiger partial charge < -0.3 is 25.0 Å². The van der Waals surface area contributed by atoms with Gasteiger partial charge in [-0.2, -0.15) is 0 Å². The van der Waals surface area contributed by atoms with E-state index in [-0.39, 0.29) is 36.7 Å². The predicted octanol–water partition coefficient (Wildman–Crippen LogP) is 2.64. The molecule has 0 radical (unpaired) electrons. The topological polar surface area (TPSA) is 99.2 Å². The fourth-order valence-corrected chi connectivity index (χ4v) is 7.37. The molecule has 0 bridgehead atoms. The van der Waals surface area contributed by atoms with Crippen LogP contribution in [0.2, 0.25) is 0 Å². The number of ketones is 1. The Balaban J connectivity index is 1.13. The quantitative estimate of drug-likeness (QED) is 0.595. The van der Waals surface area contributed by atoms with Gasteiger partial charge in [-0.05, 0) is 81.1 Å². The summed E-state index contributed by atoms with van der Waals surface area (Å²) in [6.45, 7) is 2.29. The molecule has 1 aromatic rings. The van der Waals surface area contributed by atoms with Crippen LogP contribution in [0.4, 0.5) is 0 Å². The third kappa shape index (κ3) is 5.03. The van der Waals surface area contributed by atoms with Gasteiger partial charge >= 0.3 is 0 Å². The van der Waals surface area contributed by atoms with E-state index in [0.717, 1.165) is 64.1 Å². The molecule has 5 fully saturated rings. The van der Waals surface area contributed by atoms with Gasteiger partial charge in [-0.15, -0.1) is 0 Å². The van der Waals surface area contributed by atoms with Gasteiger partial charge in [0, 0.05) is 11.6 Å². The smallest absolute Gasteiger partial charge is 0.251 e. The number of fused-ring (bicyclic) bond motifs is 1. The summed E-state index contributed by atoms with van der Waals surface area (Å²) in [5, 5.41) is 13.5. The van der Waals surface area contributed by atoms with E-state index >= 15 is 0 Å². The molecule has 3 aliphatic heterocycles. The standard InChI is InChI=1S/C30H41N3O5/c34-24-17-33(27-25(35)18-38-28(24)27)30(37)26(21-5-2-1-3-6-21)31-29(36)22-11-9-19(10-12-22)20-13-15-32(16-14-20)23-7-4-8-23/h9-12,20-21,23-24,26-28,34H,1-8,13-18H2,(H,31,36)/t24-,26+,27-,28-/m1/s1. The molecular formula is C30H41N3O5. The zero-order chi connectivity index (χ0) is 26.2. The number of aliphatic hydroxyl groups is 1. The van der Waals surface area contributed by atoms with Crippen LogP contribution in [-0.2, 0) is 14.3 Å². The Hall–Kier alpha value is -2.29. The summed E-state index contributed by atoms with van der Waals surface area (Å²) in [6, 6.07) is 7.26. The first-order chi connectivity index (χ1) is 18.5. The molecule has 3 saturated heterocycles.